The maximum absolute atomic E-state index is 10.9. The van der Waals surface area contributed by atoms with E-state index in [1.54, 1.807) is 0 Å². The Morgan fingerprint density at radius 1 is 1.47 bits per heavy atom. The van der Waals surface area contributed by atoms with Crippen LogP contribution in [0.4, 0.5) is 0 Å². The number of thioether (sulfide) groups is 1. The summed E-state index contributed by atoms with van der Waals surface area (Å²) in [6.45, 7) is 4.11. The van der Waals surface area contributed by atoms with Crippen molar-refractivity contribution in [3.05, 3.63) is 20.7 Å². The zero-order valence-corrected chi connectivity index (χ0v) is 11.5. The van der Waals surface area contributed by atoms with Gasteiger partial charge in [0.15, 0.2) is 0 Å². The second-order valence-electron chi connectivity index (χ2n) is 4.17. The third-order valence-corrected chi connectivity index (χ3v) is 4.91. The van der Waals surface area contributed by atoms with Crippen LogP contribution in [0.3, 0.4) is 0 Å². The van der Waals surface area contributed by atoms with Crippen molar-refractivity contribution < 1.29 is 0 Å². The molecule has 2 rings (SSSR count). The molecule has 1 fully saturated rings. The standard InChI is InChI=1S/C11H19N3OS2/c15-11-14-9(8-17-11)7-13-5-6-16-10-1-3-12-4-2-10/h8,10,12-13H,1-7H2,(H,14,15). The summed E-state index contributed by atoms with van der Waals surface area (Å²) in [6.07, 6.45) is 2.59. The molecule has 3 N–H and O–H groups in total. The molecule has 1 aliphatic rings. The Bertz CT molecular complexity index is 371. The monoisotopic (exact) mass is 273 g/mol. The molecule has 0 spiro atoms. The molecule has 0 bridgehead atoms. The molecule has 0 radical (unpaired) electrons. The summed E-state index contributed by atoms with van der Waals surface area (Å²) in [5, 5.41) is 9.45. The molecule has 96 valence electrons. The van der Waals surface area contributed by atoms with E-state index >= 15 is 0 Å². The highest BCUT2D eigenvalue weighted by Gasteiger charge is 2.12. The number of piperidine rings is 1. The molecule has 0 saturated carbocycles. The first kappa shape index (κ1) is 13.1. The number of H-pyrrole nitrogens is 1. The highest BCUT2D eigenvalue weighted by Crippen LogP contribution is 2.19. The summed E-state index contributed by atoms with van der Waals surface area (Å²) >= 11 is 3.29. The van der Waals surface area contributed by atoms with Crippen molar-refractivity contribution in [3.63, 3.8) is 0 Å². The second-order valence-corrected chi connectivity index (χ2v) is 6.42. The number of thiazole rings is 1. The zero-order valence-electron chi connectivity index (χ0n) is 9.83. The van der Waals surface area contributed by atoms with Crippen molar-refractivity contribution in [1.29, 1.82) is 0 Å². The lowest BCUT2D eigenvalue weighted by atomic mass is 10.2. The smallest absolute Gasteiger partial charge is 0.304 e. The largest absolute Gasteiger partial charge is 0.317 e. The van der Waals surface area contributed by atoms with Crippen LogP contribution in [-0.2, 0) is 6.54 Å². The number of aromatic nitrogens is 1. The first-order valence-corrected chi connectivity index (χ1v) is 7.97. The number of hydrogen-bond donors (Lipinski definition) is 3. The lowest BCUT2D eigenvalue weighted by Crippen LogP contribution is -2.30. The van der Waals surface area contributed by atoms with Crippen molar-refractivity contribution in [3.8, 4) is 0 Å². The predicted octanol–water partition coefficient (Wildman–Crippen LogP) is 1.01. The van der Waals surface area contributed by atoms with E-state index < -0.39 is 0 Å². The number of hydrogen-bond acceptors (Lipinski definition) is 5. The quantitative estimate of drug-likeness (QED) is 0.677. The lowest BCUT2D eigenvalue weighted by Gasteiger charge is -2.21. The van der Waals surface area contributed by atoms with E-state index in [0.717, 1.165) is 29.8 Å². The fraction of sp³-hybridized carbons (Fsp3) is 0.727. The summed E-state index contributed by atoms with van der Waals surface area (Å²) in [5.41, 5.74) is 0.992. The van der Waals surface area contributed by atoms with Crippen molar-refractivity contribution in [2.24, 2.45) is 0 Å². The van der Waals surface area contributed by atoms with Gasteiger partial charge in [0.25, 0.3) is 0 Å². The van der Waals surface area contributed by atoms with Crippen molar-refractivity contribution in [1.82, 2.24) is 15.6 Å². The highest BCUT2D eigenvalue weighted by atomic mass is 32.2. The molecule has 1 aromatic rings. The van der Waals surface area contributed by atoms with Crippen LogP contribution in [0.2, 0.25) is 0 Å². The van der Waals surface area contributed by atoms with Crippen LogP contribution in [0.1, 0.15) is 18.5 Å². The third-order valence-electron chi connectivity index (χ3n) is 2.80. The first-order chi connectivity index (χ1) is 8.34. The van der Waals surface area contributed by atoms with Crippen molar-refractivity contribution in [2.45, 2.75) is 24.6 Å². The minimum Gasteiger partial charge on any atom is -0.317 e. The molecule has 1 aliphatic heterocycles. The maximum Gasteiger partial charge on any atom is 0.304 e. The molecule has 1 aromatic heterocycles. The molecule has 2 heterocycles. The van der Waals surface area contributed by atoms with E-state index in [2.05, 4.69) is 27.4 Å². The van der Waals surface area contributed by atoms with Gasteiger partial charge in [0.1, 0.15) is 0 Å². The van der Waals surface area contributed by atoms with Crippen LogP contribution >= 0.6 is 23.1 Å². The molecule has 0 amide bonds. The third kappa shape index (κ3) is 4.83. The predicted molar refractivity (Wildman–Crippen MR) is 75.0 cm³/mol. The Morgan fingerprint density at radius 3 is 3.00 bits per heavy atom. The average Bonchev–Trinajstić information content (AvgIpc) is 2.76. The molecular weight excluding hydrogens is 254 g/mol. The van der Waals surface area contributed by atoms with Gasteiger partial charge in [-0.25, -0.2) is 0 Å². The topological polar surface area (TPSA) is 56.9 Å². The fourth-order valence-electron chi connectivity index (χ4n) is 1.88. The molecule has 0 unspecified atom stereocenters. The van der Waals surface area contributed by atoms with E-state index in [-0.39, 0.29) is 4.87 Å². The van der Waals surface area contributed by atoms with E-state index in [0.29, 0.717) is 0 Å². The Hall–Kier alpha value is -0.300. The first-order valence-electron chi connectivity index (χ1n) is 6.04. The van der Waals surface area contributed by atoms with Gasteiger partial charge < -0.3 is 15.6 Å². The van der Waals surface area contributed by atoms with Crippen molar-refractivity contribution >= 4 is 23.1 Å². The summed E-state index contributed by atoms with van der Waals surface area (Å²) < 4.78 is 0. The zero-order chi connectivity index (χ0) is 11.9. The Balaban J connectivity index is 1.52. The van der Waals surface area contributed by atoms with E-state index in [9.17, 15) is 4.79 Å². The summed E-state index contributed by atoms with van der Waals surface area (Å²) in [4.78, 5) is 13.7. The second kappa shape index (κ2) is 7.20. The molecular formula is C11H19N3OS2. The fourth-order valence-corrected chi connectivity index (χ4v) is 3.63. The minimum atomic E-state index is 0.0332. The number of rotatable bonds is 6. The van der Waals surface area contributed by atoms with Crippen molar-refractivity contribution in [2.75, 3.05) is 25.4 Å². The molecule has 0 aromatic carbocycles. The van der Waals surface area contributed by atoms with Crippen LogP contribution in [0.15, 0.2) is 10.2 Å². The molecule has 0 aliphatic carbocycles. The molecule has 4 nitrogen and oxygen atoms in total. The Kier molecular flexibility index (Phi) is 5.57. The average molecular weight is 273 g/mol. The number of nitrogens with one attached hydrogen (secondary N) is 3. The lowest BCUT2D eigenvalue weighted by molar-refractivity contribution is 0.531. The van der Waals surface area contributed by atoms with Crippen LogP contribution in [0.25, 0.3) is 0 Å². The van der Waals surface area contributed by atoms with Gasteiger partial charge in [0, 0.05) is 35.2 Å². The minimum absolute atomic E-state index is 0.0332. The molecule has 0 atom stereocenters. The van der Waals surface area contributed by atoms with Gasteiger partial charge >= 0.3 is 4.87 Å². The highest BCUT2D eigenvalue weighted by molar-refractivity contribution is 7.99. The summed E-state index contributed by atoms with van der Waals surface area (Å²) in [7, 11) is 0. The normalized spacial score (nSPS) is 17.4. The Labute approximate surface area is 110 Å². The van der Waals surface area contributed by atoms with E-state index in [1.807, 2.05) is 5.38 Å². The molecule has 6 heteroatoms. The van der Waals surface area contributed by atoms with Gasteiger partial charge in [-0.1, -0.05) is 11.3 Å². The molecule has 17 heavy (non-hydrogen) atoms. The summed E-state index contributed by atoms with van der Waals surface area (Å²) in [5.74, 6) is 1.15. The van der Waals surface area contributed by atoms with Gasteiger partial charge in [-0.05, 0) is 25.9 Å². The van der Waals surface area contributed by atoms with Gasteiger partial charge in [0.2, 0.25) is 0 Å². The van der Waals surface area contributed by atoms with Crippen LogP contribution in [0.5, 0.6) is 0 Å². The van der Waals surface area contributed by atoms with Crippen LogP contribution in [0, 0.1) is 0 Å². The number of aromatic amines is 1. The Morgan fingerprint density at radius 2 is 2.29 bits per heavy atom. The maximum atomic E-state index is 10.9. The summed E-state index contributed by atoms with van der Waals surface area (Å²) in [6, 6.07) is 0. The van der Waals surface area contributed by atoms with Crippen LogP contribution in [-0.4, -0.2) is 35.6 Å². The molecule has 1 saturated heterocycles. The van der Waals surface area contributed by atoms with Gasteiger partial charge in [0.05, 0.1) is 0 Å². The van der Waals surface area contributed by atoms with Crippen LogP contribution < -0.4 is 15.5 Å². The van der Waals surface area contributed by atoms with Gasteiger partial charge in [-0.2, -0.15) is 11.8 Å². The van der Waals surface area contributed by atoms with E-state index in [4.69, 9.17) is 0 Å². The van der Waals surface area contributed by atoms with Gasteiger partial charge in [-0.15, -0.1) is 0 Å². The van der Waals surface area contributed by atoms with E-state index in [1.165, 1.54) is 37.3 Å². The SMILES string of the molecule is O=c1[nH]c(CNCCSC2CCNCC2)cs1. The van der Waals surface area contributed by atoms with Gasteiger partial charge in [-0.3, -0.25) is 4.79 Å².